The van der Waals surface area contributed by atoms with Crippen LogP contribution in [0.5, 0.6) is 0 Å². The summed E-state index contributed by atoms with van der Waals surface area (Å²) in [4.78, 5) is 18.6. The van der Waals surface area contributed by atoms with E-state index in [0.717, 1.165) is 17.5 Å². The second-order valence-corrected chi connectivity index (χ2v) is 5.82. The lowest BCUT2D eigenvalue weighted by atomic mass is 10.0. The van der Waals surface area contributed by atoms with Crippen LogP contribution in [0.3, 0.4) is 0 Å². The van der Waals surface area contributed by atoms with Gasteiger partial charge in [0.15, 0.2) is 0 Å². The lowest BCUT2D eigenvalue weighted by Crippen LogP contribution is -2.32. The lowest BCUT2D eigenvalue weighted by Gasteiger charge is -2.24. The largest absolute Gasteiger partial charge is 0.391 e. The number of aromatic nitrogens is 1. The van der Waals surface area contributed by atoms with Crippen LogP contribution in [0.1, 0.15) is 41.0 Å². The number of carbonyl (C=O) groups is 1. The molecular formula is C18H19FN2O2. The molecule has 0 aliphatic carbocycles. The highest BCUT2D eigenvalue weighted by atomic mass is 19.1. The van der Waals surface area contributed by atoms with Gasteiger partial charge in [0, 0.05) is 12.7 Å². The Morgan fingerprint density at radius 2 is 2.09 bits per heavy atom. The fourth-order valence-corrected chi connectivity index (χ4v) is 3.00. The van der Waals surface area contributed by atoms with Gasteiger partial charge in [-0.2, -0.15) is 0 Å². The van der Waals surface area contributed by atoms with Crippen molar-refractivity contribution in [3.63, 3.8) is 0 Å². The number of rotatable bonds is 3. The highest BCUT2D eigenvalue weighted by Crippen LogP contribution is 2.33. The number of nitrogens with zero attached hydrogens (tertiary/aromatic N) is 2. The molecule has 0 spiro atoms. The Bertz CT molecular complexity index is 702. The Kier molecular flexibility index (Phi) is 4.39. The zero-order chi connectivity index (χ0) is 16.4. The van der Waals surface area contributed by atoms with Gasteiger partial charge in [0.05, 0.1) is 12.1 Å². The molecule has 0 bridgehead atoms. The SMILES string of the molecule is CCc1ccnc(C(=O)N2C[C@H](O)C[C@H]2c2ccc(F)cc2)c1. The van der Waals surface area contributed by atoms with Gasteiger partial charge in [0.25, 0.3) is 5.91 Å². The van der Waals surface area contributed by atoms with Crippen LogP contribution >= 0.6 is 0 Å². The molecule has 1 aliphatic heterocycles. The van der Waals surface area contributed by atoms with Gasteiger partial charge in [-0.3, -0.25) is 9.78 Å². The van der Waals surface area contributed by atoms with E-state index in [1.807, 2.05) is 13.0 Å². The number of aryl methyl sites for hydroxylation is 1. The molecule has 1 saturated heterocycles. The van der Waals surface area contributed by atoms with Crippen molar-refractivity contribution in [3.05, 3.63) is 65.2 Å². The molecule has 1 aliphatic rings. The molecular weight excluding hydrogens is 295 g/mol. The minimum absolute atomic E-state index is 0.203. The van der Waals surface area contributed by atoms with Crippen LogP contribution in [0.2, 0.25) is 0 Å². The van der Waals surface area contributed by atoms with Crippen LogP contribution in [0.4, 0.5) is 4.39 Å². The first-order valence-electron chi connectivity index (χ1n) is 7.78. The van der Waals surface area contributed by atoms with Gasteiger partial charge in [-0.15, -0.1) is 0 Å². The van der Waals surface area contributed by atoms with Gasteiger partial charge in [-0.25, -0.2) is 4.39 Å². The number of aliphatic hydroxyl groups is 1. The van der Waals surface area contributed by atoms with Crippen LogP contribution in [0.15, 0.2) is 42.6 Å². The van der Waals surface area contributed by atoms with Crippen molar-refractivity contribution in [3.8, 4) is 0 Å². The number of hydrogen-bond acceptors (Lipinski definition) is 3. The van der Waals surface area contributed by atoms with Crippen LogP contribution in [-0.2, 0) is 6.42 Å². The molecule has 2 atom stereocenters. The number of hydrogen-bond donors (Lipinski definition) is 1. The Balaban J connectivity index is 1.89. The van der Waals surface area contributed by atoms with E-state index in [1.54, 1.807) is 29.3 Å². The molecule has 0 unspecified atom stereocenters. The van der Waals surface area contributed by atoms with Crippen LogP contribution < -0.4 is 0 Å². The third-order valence-corrected chi connectivity index (χ3v) is 4.25. The number of pyridine rings is 1. The zero-order valence-corrected chi connectivity index (χ0v) is 12.9. The quantitative estimate of drug-likeness (QED) is 0.948. The summed E-state index contributed by atoms with van der Waals surface area (Å²) < 4.78 is 13.1. The lowest BCUT2D eigenvalue weighted by molar-refractivity contribution is 0.0709. The van der Waals surface area contributed by atoms with E-state index in [-0.39, 0.29) is 24.3 Å². The standard InChI is InChI=1S/C18H19FN2O2/c1-2-12-7-8-20-16(9-12)18(23)21-11-15(22)10-17(21)13-3-5-14(19)6-4-13/h3-9,15,17,22H,2,10-11H2,1H3/t15-,17+/m1/s1. The van der Waals surface area contributed by atoms with Crippen molar-refractivity contribution in [2.45, 2.75) is 31.9 Å². The first-order valence-corrected chi connectivity index (χ1v) is 7.78. The highest BCUT2D eigenvalue weighted by Gasteiger charge is 2.36. The fourth-order valence-electron chi connectivity index (χ4n) is 3.00. The molecule has 0 radical (unpaired) electrons. The molecule has 1 aromatic heterocycles. The molecule has 1 amide bonds. The van der Waals surface area contributed by atoms with Crippen molar-refractivity contribution >= 4 is 5.91 Å². The second kappa shape index (κ2) is 6.46. The van der Waals surface area contributed by atoms with Gasteiger partial charge in [-0.1, -0.05) is 19.1 Å². The first-order chi connectivity index (χ1) is 11.1. The summed E-state index contributed by atoms with van der Waals surface area (Å²) in [6.07, 6.45) is 2.33. The topological polar surface area (TPSA) is 53.4 Å². The molecule has 3 rings (SSSR count). The predicted molar refractivity (Wildman–Crippen MR) is 84.4 cm³/mol. The van der Waals surface area contributed by atoms with Gasteiger partial charge in [0.2, 0.25) is 0 Å². The number of aliphatic hydroxyl groups excluding tert-OH is 1. The normalized spacial score (nSPS) is 20.7. The van der Waals surface area contributed by atoms with E-state index < -0.39 is 6.10 Å². The average Bonchev–Trinajstić information content (AvgIpc) is 2.96. The highest BCUT2D eigenvalue weighted by molar-refractivity contribution is 5.93. The molecule has 1 aromatic carbocycles. The minimum atomic E-state index is -0.580. The Morgan fingerprint density at radius 3 is 2.78 bits per heavy atom. The minimum Gasteiger partial charge on any atom is -0.391 e. The smallest absolute Gasteiger partial charge is 0.273 e. The maximum atomic E-state index is 13.1. The molecule has 5 heteroatoms. The maximum Gasteiger partial charge on any atom is 0.273 e. The number of carbonyl (C=O) groups excluding carboxylic acids is 1. The number of benzene rings is 1. The van der Waals surface area contributed by atoms with Crippen molar-refractivity contribution in [1.29, 1.82) is 0 Å². The van der Waals surface area contributed by atoms with Crippen molar-refractivity contribution in [2.24, 2.45) is 0 Å². The molecule has 1 fully saturated rings. The number of amides is 1. The molecule has 2 aromatic rings. The maximum absolute atomic E-state index is 13.1. The predicted octanol–water partition coefficient (Wildman–Crippen LogP) is 2.73. The van der Waals surface area contributed by atoms with Gasteiger partial charge < -0.3 is 10.0 Å². The summed E-state index contributed by atoms with van der Waals surface area (Å²) in [6.45, 7) is 2.28. The van der Waals surface area contributed by atoms with Crippen molar-refractivity contribution < 1.29 is 14.3 Å². The summed E-state index contributed by atoms with van der Waals surface area (Å²) in [5.74, 6) is -0.520. The third-order valence-electron chi connectivity index (χ3n) is 4.25. The van der Waals surface area contributed by atoms with E-state index in [1.165, 1.54) is 12.1 Å². The number of halogens is 1. The number of β-amino-alcohol motifs (C(OH)–C–C–N with tert-alkyl or cyclic N) is 1. The van der Waals surface area contributed by atoms with Crippen LogP contribution in [-0.4, -0.2) is 33.5 Å². The van der Waals surface area contributed by atoms with E-state index in [0.29, 0.717) is 12.1 Å². The fraction of sp³-hybridized carbons (Fsp3) is 0.333. The van der Waals surface area contributed by atoms with E-state index in [9.17, 15) is 14.3 Å². The monoisotopic (exact) mass is 314 g/mol. The molecule has 2 heterocycles. The van der Waals surface area contributed by atoms with E-state index in [4.69, 9.17) is 0 Å². The molecule has 1 N–H and O–H groups in total. The Hall–Kier alpha value is -2.27. The summed E-state index contributed by atoms with van der Waals surface area (Å²) in [5, 5.41) is 9.99. The van der Waals surface area contributed by atoms with Crippen molar-refractivity contribution in [1.82, 2.24) is 9.88 Å². The van der Waals surface area contributed by atoms with Gasteiger partial charge in [0.1, 0.15) is 11.5 Å². The molecule has 23 heavy (non-hydrogen) atoms. The first kappa shape index (κ1) is 15.6. The van der Waals surface area contributed by atoms with Crippen LogP contribution in [0.25, 0.3) is 0 Å². The molecule has 120 valence electrons. The third kappa shape index (κ3) is 3.24. The zero-order valence-electron chi connectivity index (χ0n) is 12.9. The summed E-state index contributed by atoms with van der Waals surface area (Å²) in [5.41, 5.74) is 2.25. The van der Waals surface area contributed by atoms with Crippen LogP contribution in [0, 0.1) is 5.82 Å². The van der Waals surface area contributed by atoms with E-state index >= 15 is 0 Å². The Labute approximate surface area is 134 Å². The van der Waals surface area contributed by atoms with E-state index in [2.05, 4.69) is 4.98 Å². The van der Waals surface area contributed by atoms with Crippen molar-refractivity contribution in [2.75, 3.05) is 6.54 Å². The number of likely N-dealkylation sites (tertiary alicyclic amines) is 1. The average molecular weight is 314 g/mol. The molecule has 0 saturated carbocycles. The van der Waals surface area contributed by atoms with Gasteiger partial charge in [-0.05, 0) is 48.2 Å². The summed E-state index contributed by atoms with van der Waals surface area (Å²) >= 11 is 0. The summed E-state index contributed by atoms with van der Waals surface area (Å²) in [6, 6.07) is 9.48. The second-order valence-electron chi connectivity index (χ2n) is 5.82. The summed E-state index contributed by atoms with van der Waals surface area (Å²) in [7, 11) is 0. The molecule has 4 nitrogen and oxygen atoms in total. The Morgan fingerprint density at radius 1 is 1.35 bits per heavy atom. The van der Waals surface area contributed by atoms with Gasteiger partial charge >= 0.3 is 0 Å².